The van der Waals surface area contributed by atoms with Crippen LogP contribution in [0.1, 0.15) is 20.3 Å². The quantitative estimate of drug-likeness (QED) is 0.796. The van der Waals surface area contributed by atoms with Crippen molar-refractivity contribution in [3.05, 3.63) is 17.3 Å². The van der Waals surface area contributed by atoms with Crippen LogP contribution in [0.5, 0.6) is 0 Å². The molecule has 2 N–H and O–H groups in total. The minimum absolute atomic E-state index is 0.0391. The van der Waals surface area contributed by atoms with Crippen LogP contribution >= 0.6 is 11.6 Å². The number of halogens is 1. The number of nitrogens with one attached hydrogen (secondary N) is 1. The first-order valence-electron chi connectivity index (χ1n) is 6.32. The number of anilines is 1. The van der Waals surface area contributed by atoms with Gasteiger partial charge >= 0.3 is 0 Å². The molecule has 0 aliphatic carbocycles. The molecular formula is C12H20ClN3O3S. The largest absolute Gasteiger partial charge is 0.393 e. The molecule has 1 rings (SSSR count). The number of nitrogens with zero attached hydrogens (tertiary/aromatic N) is 2. The van der Waals surface area contributed by atoms with Crippen molar-refractivity contribution in [2.75, 3.05) is 25.5 Å². The van der Waals surface area contributed by atoms with Crippen LogP contribution < -0.4 is 5.32 Å². The van der Waals surface area contributed by atoms with Crippen molar-refractivity contribution in [1.82, 2.24) is 9.29 Å². The monoisotopic (exact) mass is 321 g/mol. The van der Waals surface area contributed by atoms with E-state index in [2.05, 4.69) is 10.3 Å². The third-order valence-electron chi connectivity index (χ3n) is 2.73. The third-order valence-corrected chi connectivity index (χ3v) is 4.84. The van der Waals surface area contributed by atoms with E-state index >= 15 is 0 Å². The average Bonchev–Trinajstić information content (AvgIpc) is 2.38. The molecule has 0 amide bonds. The maximum atomic E-state index is 12.3. The zero-order chi connectivity index (χ0) is 15.3. The van der Waals surface area contributed by atoms with E-state index in [1.807, 2.05) is 6.92 Å². The van der Waals surface area contributed by atoms with Crippen LogP contribution in [0.4, 0.5) is 5.82 Å². The topological polar surface area (TPSA) is 82.5 Å². The highest BCUT2D eigenvalue weighted by Crippen LogP contribution is 2.24. The molecule has 1 aromatic rings. The molecule has 0 aliphatic rings. The molecule has 0 bridgehead atoms. The van der Waals surface area contributed by atoms with Crippen LogP contribution in [0.2, 0.25) is 5.02 Å². The van der Waals surface area contributed by atoms with Crippen molar-refractivity contribution < 1.29 is 13.5 Å². The van der Waals surface area contributed by atoms with Gasteiger partial charge in [0.1, 0.15) is 10.7 Å². The number of rotatable bonds is 7. The molecule has 20 heavy (non-hydrogen) atoms. The Morgan fingerprint density at radius 1 is 1.55 bits per heavy atom. The molecule has 114 valence electrons. The summed E-state index contributed by atoms with van der Waals surface area (Å²) >= 11 is 6.00. The van der Waals surface area contributed by atoms with E-state index in [-0.39, 0.29) is 16.5 Å². The van der Waals surface area contributed by atoms with E-state index in [9.17, 15) is 13.5 Å². The summed E-state index contributed by atoms with van der Waals surface area (Å²) in [5.74, 6) is 0.458. The van der Waals surface area contributed by atoms with Gasteiger partial charge in [0, 0.05) is 26.3 Å². The van der Waals surface area contributed by atoms with Gasteiger partial charge in [-0.3, -0.25) is 0 Å². The lowest BCUT2D eigenvalue weighted by Crippen LogP contribution is -2.29. The Hall–Kier alpha value is -0.890. The lowest BCUT2D eigenvalue weighted by molar-refractivity contribution is 0.177. The Balaban J connectivity index is 2.95. The molecule has 6 nitrogen and oxygen atoms in total. The van der Waals surface area contributed by atoms with Gasteiger partial charge in [-0.1, -0.05) is 11.6 Å². The van der Waals surface area contributed by atoms with Gasteiger partial charge in [0.2, 0.25) is 10.0 Å². The summed E-state index contributed by atoms with van der Waals surface area (Å²) in [6.45, 7) is 4.39. The summed E-state index contributed by atoms with van der Waals surface area (Å²) in [7, 11) is -2.18. The van der Waals surface area contributed by atoms with E-state index in [1.165, 1.54) is 23.6 Å². The zero-order valence-corrected chi connectivity index (χ0v) is 13.4. The number of hydrogen-bond acceptors (Lipinski definition) is 5. The molecule has 0 spiro atoms. The van der Waals surface area contributed by atoms with Gasteiger partial charge in [0.15, 0.2) is 0 Å². The van der Waals surface area contributed by atoms with Gasteiger partial charge in [-0.05, 0) is 26.3 Å². The standard InChI is InChI=1S/C12H20ClN3O3S/c1-4-14-12-11(13)7-10(8-15-12)20(18,19)16(3)6-5-9(2)17/h7-9,17H,4-6H2,1-3H3,(H,14,15). The van der Waals surface area contributed by atoms with E-state index < -0.39 is 16.1 Å². The molecule has 0 saturated carbocycles. The Kier molecular flexibility index (Phi) is 6.19. The smallest absolute Gasteiger partial charge is 0.244 e. The van der Waals surface area contributed by atoms with Crippen molar-refractivity contribution in [3.63, 3.8) is 0 Å². The molecule has 1 heterocycles. The summed E-state index contributed by atoms with van der Waals surface area (Å²) in [4.78, 5) is 4.05. The normalized spacial score (nSPS) is 13.5. The second-order valence-electron chi connectivity index (χ2n) is 4.50. The van der Waals surface area contributed by atoms with E-state index in [0.29, 0.717) is 18.8 Å². The number of sulfonamides is 1. The predicted molar refractivity (Wildman–Crippen MR) is 79.5 cm³/mol. The summed E-state index contributed by atoms with van der Waals surface area (Å²) in [5.41, 5.74) is 0. The molecule has 1 unspecified atom stereocenters. The van der Waals surface area contributed by atoms with E-state index in [0.717, 1.165) is 0 Å². The molecule has 0 aliphatic heterocycles. The van der Waals surface area contributed by atoms with E-state index in [4.69, 9.17) is 11.6 Å². The van der Waals surface area contributed by atoms with Gasteiger partial charge < -0.3 is 10.4 Å². The molecule has 0 radical (unpaired) electrons. The molecule has 8 heteroatoms. The van der Waals surface area contributed by atoms with Gasteiger partial charge in [-0.25, -0.2) is 17.7 Å². The third kappa shape index (κ3) is 4.31. The summed E-state index contributed by atoms with van der Waals surface area (Å²) in [5, 5.41) is 12.4. The molecule has 0 aromatic carbocycles. The highest BCUT2D eigenvalue weighted by molar-refractivity contribution is 7.89. The number of hydrogen-bond donors (Lipinski definition) is 2. The first-order valence-corrected chi connectivity index (χ1v) is 8.14. The van der Waals surface area contributed by atoms with E-state index in [1.54, 1.807) is 6.92 Å². The molecule has 1 aromatic heterocycles. The Labute approximate surface area is 124 Å². The second-order valence-corrected chi connectivity index (χ2v) is 6.95. The minimum Gasteiger partial charge on any atom is -0.393 e. The maximum Gasteiger partial charge on any atom is 0.244 e. The summed E-state index contributed by atoms with van der Waals surface area (Å²) in [6.07, 6.45) is 1.09. The van der Waals surface area contributed by atoms with Crippen LogP contribution in [0, 0.1) is 0 Å². The van der Waals surface area contributed by atoms with Crippen molar-refractivity contribution in [3.8, 4) is 0 Å². The van der Waals surface area contributed by atoms with Crippen LogP contribution in [-0.2, 0) is 10.0 Å². The van der Waals surface area contributed by atoms with Crippen LogP contribution in [0.25, 0.3) is 0 Å². The molecule has 1 atom stereocenters. The Bertz CT molecular complexity index is 549. The highest BCUT2D eigenvalue weighted by Gasteiger charge is 2.22. The van der Waals surface area contributed by atoms with Crippen LogP contribution in [-0.4, -0.2) is 49.1 Å². The zero-order valence-electron chi connectivity index (χ0n) is 11.8. The van der Waals surface area contributed by atoms with Crippen molar-refractivity contribution in [1.29, 1.82) is 0 Å². The molecule has 0 saturated heterocycles. The average molecular weight is 322 g/mol. The highest BCUT2D eigenvalue weighted by atomic mass is 35.5. The van der Waals surface area contributed by atoms with Crippen molar-refractivity contribution >= 4 is 27.4 Å². The number of aliphatic hydroxyl groups is 1. The van der Waals surface area contributed by atoms with Gasteiger partial charge in [0.25, 0.3) is 0 Å². The van der Waals surface area contributed by atoms with Gasteiger partial charge in [-0.15, -0.1) is 0 Å². The SMILES string of the molecule is CCNc1ncc(S(=O)(=O)N(C)CCC(C)O)cc1Cl. The lowest BCUT2D eigenvalue weighted by Gasteiger charge is -2.18. The van der Waals surface area contributed by atoms with Crippen LogP contribution in [0.3, 0.4) is 0 Å². The fraction of sp³-hybridized carbons (Fsp3) is 0.583. The molecular weight excluding hydrogens is 302 g/mol. The molecule has 0 fully saturated rings. The Morgan fingerprint density at radius 3 is 2.70 bits per heavy atom. The Morgan fingerprint density at radius 2 is 2.20 bits per heavy atom. The first kappa shape index (κ1) is 17.2. The number of pyridine rings is 1. The lowest BCUT2D eigenvalue weighted by atomic mass is 10.3. The predicted octanol–water partition coefficient (Wildman–Crippen LogP) is 1.56. The second kappa shape index (κ2) is 7.21. The van der Waals surface area contributed by atoms with Gasteiger partial charge in [0.05, 0.1) is 11.1 Å². The summed E-state index contributed by atoms with van der Waals surface area (Å²) < 4.78 is 25.8. The number of aliphatic hydroxyl groups excluding tert-OH is 1. The fourth-order valence-corrected chi connectivity index (χ4v) is 2.98. The fourth-order valence-electron chi connectivity index (χ4n) is 1.53. The van der Waals surface area contributed by atoms with Crippen molar-refractivity contribution in [2.24, 2.45) is 0 Å². The first-order chi connectivity index (χ1) is 9.28. The number of aromatic nitrogens is 1. The minimum atomic E-state index is -3.64. The summed E-state index contributed by atoms with van der Waals surface area (Å²) in [6, 6.07) is 1.38. The van der Waals surface area contributed by atoms with Gasteiger partial charge in [-0.2, -0.15) is 0 Å². The maximum absolute atomic E-state index is 12.3. The van der Waals surface area contributed by atoms with Crippen molar-refractivity contribution in [2.45, 2.75) is 31.3 Å². The van der Waals surface area contributed by atoms with Crippen LogP contribution in [0.15, 0.2) is 17.2 Å².